The van der Waals surface area contributed by atoms with Crippen molar-refractivity contribution in [2.45, 2.75) is 89.8 Å². The van der Waals surface area contributed by atoms with E-state index in [1.54, 1.807) is 49.4 Å². The molecule has 2 aromatic heterocycles. The van der Waals surface area contributed by atoms with E-state index in [-0.39, 0.29) is 29.9 Å². The summed E-state index contributed by atoms with van der Waals surface area (Å²) in [6, 6.07) is 13.7. The van der Waals surface area contributed by atoms with Gasteiger partial charge in [-0.25, -0.2) is 9.97 Å². The van der Waals surface area contributed by atoms with Crippen LogP contribution in [0.1, 0.15) is 113 Å². The van der Waals surface area contributed by atoms with Crippen molar-refractivity contribution in [3.05, 3.63) is 81.6 Å². The number of rotatable bonds is 11. The molecule has 4 N–H and O–H groups in total. The van der Waals surface area contributed by atoms with Gasteiger partial charge in [-0.05, 0) is 102 Å². The molecule has 59 heavy (non-hydrogen) atoms. The van der Waals surface area contributed by atoms with Crippen LogP contribution >= 0.6 is 11.3 Å². The summed E-state index contributed by atoms with van der Waals surface area (Å²) in [5, 5.41) is 20.8. The highest BCUT2D eigenvalue weighted by Gasteiger charge is 2.45. The number of anilines is 2. The summed E-state index contributed by atoms with van der Waals surface area (Å²) in [6.07, 6.45) is 4.65. The third-order valence-corrected chi connectivity index (χ3v) is 13.5. The molecule has 4 aromatic rings. The van der Waals surface area contributed by atoms with Crippen molar-refractivity contribution < 1.29 is 29.1 Å². The lowest BCUT2D eigenvalue weighted by Gasteiger charge is -2.42. The van der Waals surface area contributed by atoms with Gasteiger partial charge in [0.2, 0.25) is 11.8 Å². The summed E-state index contributed by atoms with van der Waals surface area (Å²) in [6.45, 7) is 12.9. The number of hydrogen-bond acceptors (Lipinski definition) is 12. The number of aryl methyl sites for hydroxylation is 1. The average Bonchev–Trinajstić information content (AvgIpc) is 3.73. The second-order valence-electron chi connectivity index (χ2n) is 17.1. The Morgan fingerprint density at radius 1 is 0.966 bits per heavy atom. The zero-order valence-corrected chi connectivity index (χ0v) is 34.9. The molecule has 2 atom stereocenters. The van der Waals surface area contributed by atoms with Crippen molar-refractivity contribution in [3.63, 3.8) is 0 Å². The number of thiazole rings is 1. The topological polar surface area (TPSA) is 177 Å². The number of aliphatic hydroxyl groups is 1. The van der Waals surface area contributed by atoms with Crippen LogP contribution in [0.3, 0.4) is 0 Å². The van der Waals surface area contributed by atoms with E-state index in [2.05, 4.69) is 37.7 Å². The molecule has 0 spiro atoms. The van der Waals surface area contributed by atoms with Crippen molar-refractivity contribution in [2.24, 2.45) is 5.92 Å². The van der Waals surface area contributed by atoms with Gasteiger partial charge in [0.05, 0.1) is 32.0 Å². The van der Waals surface area contributed by atoms with Gasteiger partial charge in [-0.15, -0.1) is 11.3 Å². The van der Waals surface area contributed by atoms with Crippen molar-refractivity contribution >= 4 is 62.5 Å². The van der Waals surface area contributed by atoms with Crippen molar-refractivity contribution in [2.75, 3.05) is 49.9 Å². The molecule has 2 saturated heterocycles. The predicted molar refractivity (Wildman–Crippen MR) is 226 cm³/mol. The van der Waals surface area contributed by atoms with Crippen LogP contribution in [-0.2, 0) is 15.2 Å². The van der Waals surface area contributed by atoms with Gasteiger partial charge >= 0.3 is 0 Å². The van der Waals surface area contributed by atoms with Gasteiger partial charge in [-0.1, -0.05) is 12.1 Å². The molecule has 5 heterocycles. The number of hydrogen-bond donors (Lipinski definition) is 4. The van der Waals surface area contributed by atoms with Crippen LogP contribution in [0.15, 0.2) is 48.5 Å². The molecule has 1 unspecified atom stereocenters. The Labute approximate surface area is 347 Å². The Morgan fingerprint density at radius 2 is 1.75 bits per heavy atom. The van der Waals surface area contributed by atoms with E-state index in [1.807, 2.05) is 31.2 Å². The number of nitrogens with one attached hydrogen (secondary N) is 3. The number of piperidine rings is 1. The zero-order chi connectivity index (χ0) is 41.6. The standard InChI is InChI=1S/C44H52N8O6S/c1-25-7-5-10-32(46-25)39(54)47-33-22-36-34(21-30(33)44(3,4)58)48-41(59-36)28-13-11-27(12-14-28)24-50-19-20-51(26(2)23-50)18-17-45-31-9-6-8-29-38(31)43(57)52(42(29)56)35-15-16-37(53)49-40(35)55/h5-10,21-22,26-28,35,45,58H,11-20,23-24H2,1-4H3,(H,47,54)(H,49,53,55)/t26-,27-,28-,35?/m1/s1. The summed E-state index contributed by atoms with van der Waals surface area (Å²) in [5.41, 5.74) is 3.05. The second-order valence-corrected chi connectivity index (χ2v) is 18.1. The molecule has 5 amide bonds. The number of amides is 5. The number of benzene rings is 2. The van der Waals surface area contributed by atoms with Crippen LogP contribution in [0.4, 0.5) is 11.4 Å². The van der Waals surface area contributed by atoms with Gasteiger partial charge in [0.1, 0.15) is 11.7 Å². The maximum atomic E-state index is 13.5. The van der Waals surface area contributed by atoms with E-state index in [4.69, 9.17) is 4.98 Å². The van der Waals surface area contributed by atoms with Gasteiger partial charge in [0.25, 0.3) is 17.7 Å². The molecule has 4 aliphatic rings. The SMILES string of the molecule is Cc1cccc(C(=O)Nc2cc3sc([C@H]4CC[C@H](CN5CCN(CCNc6cccc7c6C(=O)N(C6CCC(=O)NC6=O)C7=O)[C@H](C)C5)CC4)nc3cc2C(C)(C)O)n1. The van der Waals surface area contributed by atoms with Crippen LogP contribution in [0.25, 0.3) is 10.2 Å². The molecule has 1 saturated carbocycles. The maximum Gasteiger partial charge on any atom is 0.274 e. The smallest absolute Gasteiger partial charge is 0.274 e. The van der Waals surface area contributed by atoms with E-state index in [9.17, 15) is 29.1 Å². The van der Waals surface area contributed by atoms with E-state index in [0.717, 1.165) is 84.2 Å². The normalized spacial score (nSPS) is 23.1. The van der Waals surface area contributed by atoms with E-state index in [0.29, 0.717) is 47.1 Å². The monoisotopic (exact) mass is 820 g/mol. The van der Waals surface area contributed by atoms with Gasteiger partial charge in [-0.2, -0.15) is 0 Å². The summed E-state index contributed by atoms with van der Waals surface area (Å²) < 4.78 is 0.984. The number of imide groups is 2. The van der Waals surface area contributed by atoms with Gasteiger partial charge in [0, 0.05) is 80.3 Å². The lowest BCUT2D eigenvalue weighted by molar-refractivity contribution is -0.136. The Bertz CT molecular complexity index is 2310. The van der Waals surface area contributed by atoms with Crippen LogP contribution in [0.2, 0.25) is 0 Å². The summed E-state index contributed by atoms with van der Waals surface area (Å²) in [7, 11) is 0. The third kappa shape index (κ3) is 8.51. The molecule has 2 aromatic carbocycles. The van der Waals surface area contributed by atoms with Crippen LogP contribution in [0, 0.1) is 12.8 Å². The number of pyridine rings is 1. The van der Waals surface area contributed by atoms with E-state index >= 15 is 0 Å². The number of fused-ring (bicyclic) bond motifs is 2. The molecule has 0 bridgehead atoms. The first kappa shape index (κ1) is 40.7. The molecular weight excluding hydrogens is 769 g/mol. The van der Waals surface area contributed by atoms with Crippen molar-refractivity contribution in [1.29, 1.82) is 0 Å². The van der Waals surface area contributed by atoms with Gasteiger partial charge in [-0.3, -0.25) is 39.1 Å². The highest BCUT2D eigenvalue weighted by Crippen LogP contribution is 2.42. The number of piperazine rings is 1. The molecule has 0 radical (unpaired) electrons. The van der Waals surface area contributed by atoms with Crippen molar-refractivity contribution in [1.82, 2.24) is 30.0 Å². The zero-order valence-electron chi connectivity index (χ0n) is 34.0. The summed E-state index contributed by atoms with van der Waals surface area (Å²) in [4.78, 5) is 79.5. The Kier molecular flexibility index (Phi) is 11.4. The lowest BCUT2D eigenvalue weighted by atomic mass is 9.82. The molecule has 3 fully saturated rings. The minimum Gasteiger partial charge on any atom is -0.386 e. The van der Waals surface area contributed by atoms with Gasteiger partial charge in [0.15, 0.2) is 0 Å². The fourth-order valence-corrected chi connectivity index (χ4v) is 10.3. The highest BCUT2D eigenvalue weighted by atomic mass is 32.1. The fourth-order valence-electron chi connectivity index (χ4n) is 9.15. The van der Waals surface area contributed by atoms with Crippen LogP contribution < -0.4 is 16.0 Å². The minimum atomic E-state index is -1.18. The molecule has 310 valence electrons. The fraction of sp³-hybridized carbons (Fsp3) is 0.477. The average molecular weight is 821 g/mol. The van der Waals surface area contributed by atoms with Crippen LogP contribution in [-0.4, -0.2) is 111 Å². The molecule has 1 aliphatic carbocycles. The molecule has 15 heteroatoms. The first-order chi connectivity index (χ1) is 28.2. The predicted octanol–water partition coefficient (Wildman–Crippen LogP) is 5.27. The van der Waals surface area contributed by atoms with E-state index in [1.165, 1.54) is 0 Å². The first-order valence-electron chi connectivity index (χ1n) is 20.7. The lowest BCUT2D eigenvalue weighted by Crippen LogP contribution is -2.54. The molecule has 14 nitrogen and oxygen atoms in total. The molecule has 3 aliphatic heterocycles. The van der Waals surface area contributed by atoms with Crippen LogP contribution in [0.5, 0.6) is 0 Å². The maximum absolute atomic E-state index is 13.5. The first-order valence-corrected chi connectivity index (χ1v) is 21.5. The number of carbonyl (C=O) groups excluding carboxylic acids is 5. The third-order valence-electron chi connectivity index (χ3n) is 12.3. The Balaban J connectivity index is 0.820. The van der Waals surface area contributed by atoms with E-state index < -0.39 is 35.3 Å². The Hall–Kier alpha value is -5.09. The second kappa shape index (κ2) is 16.5. The summed E-state index contributed by atoms with van der Waals surface area (Å²) >= 11 is 1.68. The van der Waals surface area contributed by atoms with Crippen molar-refractivity contribution in [3.8, 4) is 0 Å². The Morgan fingerprint density at radius 3 is 2.47 bits per heavy atom. The molecular formula is C44H52N8O6S. The largest absolute Gasteiger partial charge is 0.386 e. The number of nitrogens with zero attached hydrogens (tertiary/aromatic N) is 5. The highest BCUT2D eigenvalue weighted by molar-refractivity contribution is 7.18. The minimum absolute atomic E-state index is 0.0830. The number of aromatic nitrogens is 2. The summed E-state index contributed by atoms with van der Waals surface area (Å²) in [5.74, 6) is -1.34. The quantitative estimate of drug-likeness (QED) is 0.145. The number of carbonyl (C=O) groups is 5. The molecule has 8 rings (SSSR count). The van der Waals surface area contributed by atoms with Gasteiger partial charge < -0.3 is 20.6 Å².